The molecule has 0 bridgehead atoms. The van der Waals surface area contributed by atoms with E-state index in [1.54, 1.807) is 0 Å². The number of nitrogens with one attached hydrogen (secondary N) is 1. The van der Waals surface area contributed by atoms with Crippen LogP contribution in [0.25, 0.3) is 10.9 Å². The minimum Gasteiger partial charge on any atom is -0.381 e. The highest BCUT2D eigenvalue weighted by molar-refractivity contribution is 5.82. The minimum atomic E-state index is -0.0280. The first-order valence-corrected chi connectivity index (χ1v) is 11.6. The summed E-state index contributed by atoms with van der Waals surface area (Å²) in [5.74, 6) is 1.19. The largest absolute Gasteiger partial charge is 0.381 e. The molecule has 3 aliphatic rings. The van der Waals surface area contributed by atoms with Gasteiger partial charge in [-0.3, -0.25) is 14.7 Å². The van der Waals surface area contributed by atoms with E-state index >= 15 is 0 Å². The van der Waals surface area contributed by atoms with Crippen LogP contribution in [0.1, 0.15) is 31.7 Å². The zero-order valence-corrected chi connectivity index (χ0v) is 18.4. The molecule has 1 unspecified atom stereocenters. The number of aromatic nitrogens is 1. The SMILES string of the molecule is CC1=CC(C(=O)N2CCN(CC3CC3)CC2)CC=C1NCc1cccc2cccnc12. The van der Waals surface area contributed by atoms with E-state index in [-0.39, 0.29) is 5.92 Å². The summed E-state index contributed by atoms with van der Waals surface area (Å²) in [4.78, 5) is 22.2. The maximum absolute atomic E-state index is 13.1. The molecule has 1 aliphatic heterocycles. The van der Waals surface area contributed by atoms with Gasteiger partial charge in [0.15, 0.2) is 0 Å². The second kappa shape index (κ2) is 8.83. The van der Waals surface area contributed by atoms with E-state index < -0.39 is 0 Å². The van der Waals surface area contributed by atoms with Crippen molar-refractivity contribution >= 4 is 16.8 Å². The summed E-state index contributed by atoms with van der Waals surface area (Å²) in [6.45, 7) is 7.86. The number of piperazine rings is 1. The van der Waals surface area contributed by atoms with Crippen molar-refractivity contribution in [3.05, 3.63) is 65.5 Å². The number of amides is 1. The molecule has 31 heavy (non-hydrogen) atoms. The summed E-state index contributed by atoms with van der Waals surface area (Å²) < 4.78 is 0. The summed E-state index contributed by atoms with van der Waals surface area (Å²) in [7, 11) is 0. The second-order valence-electron chi connectivity index (χ2n) is 9.22. The van der Waals surface area contributed by atoms with Gasteiger partial charge >= 0.3 is 0 Å². The molecule has 162 valence electrons. The Labute approximate surface area is 184 Å². The molecule has 2 heterocycles. The zero-order valence-electron chi connectivity index (χ0n) is 18.4. The van der Waals surface area contributed by atoms with Crippen molar-refractivity contribution in [2.24, 2.45) is 11.8 Å². The van der Waals surface area contributed by atoms with Gasteiger partial charge in [-0.25, -0.2) is 0 Å². The summed E-state index contributed by atoms with van der Waals surface area (Å²) >= 11 is 0. The van der Waals surface area contributed by atoms with Crippen molar-refractivity contribution in [1.82, 2.24) is 20.1 Å². The fourth-order valence-electron chi connectivity index (χ4n) is 4.80. The number of hydrogen-bond donors (Lipinski definition) is 1. The number of carbonyl (C=O) groups is 1. The van der Waals surface area contributed by atoms with Gasteiger partial charge in [-0.15, -0.1) is 0 Å². The van der Waals surface area contributed by atoms with E-state index in [4.69, 9.17) is 0 Å². The highest BCUT2D eigenvalue weighted by Gasteiger charge is 2.30. The third-order valence-corrected chi connectivity index (χ3v) is 6.85. The standard InChI is InChI=1S/C26H32N4O/c1-19-16-22(26(31)30-14-12-29(13-15-30)18-20-7-8-20)9-10-24(19)28-17-23-5-2-4-21-6-3-11-27-25(21)23/h2-6,10-11,16,20,22,28H,7-9,12-15,17-18H2,1H3. The predicted octanol–water partition coefficient (Wildman–Crippen LogP) is 3.73. The van der Waals surface area contributed by atoms with Gasteiger partial charge in [0.2, 0.25) is 5.91 Å². The Kier molecular flexibility index (Phi) is 5.77. The first-order chi connectivity index (χ1) is 15.2. The van der Waals surface area contributed by atoms with Gasteiger partial charge in [-0.2, -0.15) is 0 Å². The van der Waals surface area contributed by atoms with Crippen LogP contribution < -0.4 is 5.32 Å². The van der Waals surface area contributed by atoms with Gasteiger partial charge in [-0.1, -0.05) is 36.4 Å². The van der Waals surface area contributed by atoms with Gasteiger partial charge in [0.25, 0.3) is 0 Å². The average molecular weight is 417 g/mol. The Hall–Kier alpha value is -2.66. The summed E-state index contributed by atoms with van der Waals surface area (Å²) in [6, 6.07) is 10.4. The van der Waals surface area contributed by atoms with Crippen LogP contribution in [0.2, 0.25) is 0 Å². The Morgan fingerprint density at radius 1 is 1.13 bits per heavy atom. The first-order valence-electron chi connectivity index (χ1n) is 11.6. The third kappa shape index (κ3) is 4.67. The lowest BCUT2D eigenvalue weighted by Gasteiger charge is -2.36. The maximum atomic E-state index is 13.1. The highest BCUT2D eigenvalue weighted by Crippen LogP contribution is 2.30. The molecule has 5 heteroatoms. The van der Waals surface area contributed by atoms with Crippen molar-refractivity contribution in [3.63, 3.8) is 0 Å². The van der Waals surface area contributed by atoms with Crippen LogP contribution in [0.3, 0.4) is 0 Å². The van der Waals surface area contributed by atoms with E-state index in [0.717, 1.165) is 67.2 Å². The molecular formula is C26H32N4O. The molecule has 2 aromatic rings. The molecule has 1 saturated heterocycles. The van der Waals surface area contributed by atoms with E-state index in [2.05, 4.69) is 63.4 Å². The highest BCUT2D eigenvalue weighted by atomic mass is 16.2. The molecule has 5 rings (SSSR count). The lowest BCUT2D eigenvalue weighted by molar-refractivity contribution is -0.135. The molecule has 1 atom stereocenters. The number of para-hydroxylation sites is 1. The molecule has 2 aliphatic carbocycles. The number of nitrogens with zero attached hydrogens (tertiary/aromatic N) is 3. The molecular weight excluding hydrogens is 384 g/mol. The van der Waals surface area contributed by atoms with Crippen molar-refractivity contribution in [1.29, 1.82) is 0 Å². The van der Waals surface area contributed by atoms with Gasteiger partial charge in [-0.05, 0) is 49.3 Å². The Morgan fingerprint density at radius 3 is 2.71 bits per heavy atom. The second-order valence-corrected chi connectivity index (χ2v) is 9.22. The van der Waals surface area contributed by atoms with Gasteiger partial charge in [0.1, 0.15) is 0 Å². The zero-order chi connectivity index (χ0) is 21.2. The molecule has 5 nitrogen and oxygen atoms in total. The smallest absolute Gasteiger partial charge is 0.229 e. The molecule has 1 aromatic heterocycles. The van der Waals surface area contributed by atoms with Crippen LogP contribution in [0.4, 0.5) is 0 Å². The fourth-order valence-corrected chi connectivity index (χ4v) is 4.80. The van der Waals surface area contributed by atoms with Crippen LogP contribution >= 0.6 is 0 Å². The monoisotopic (exact) mass is 416 g/mol. The number of rotatable bonds is 6. The van der Waals surface area contributed by atoms with E-state index in [9.17, 15) is 4.79 Å². The van der Waals surface area contributed by atoms with E-state index in [0.29, 0.717) is 5.91 Å². The summed E-state index contributed by atoms with van der Waals surface area (Å²) in [5.41, 5.74) is 4.52. The fraction of sp³-hybridized carbons (Fsp3) is 0.462. The topological polar surface area (TPSA) is 48.5 Å². The molecule has 1 amide bonds. The predicted molar refractivity (Wildman–Crippen MR) is 124 cm³/mol. The first kappa shape index (κ1) is 20.3. The Balaban J connectivity index is 1.16. The molecule has 0 radical (unpaired) electrons. The number of carbonyl (C=O) groups excluding carboxylic acids is 1. The van der Waals surface area contributed by atoms with Gasteiger partial charge < -0.3 is 10.2 Å². The molecule has 0 spiro atoms. The van der Waals surface area contributed by atoms with Crippen LogP contribution in [0.15, 0.2) is 60.0 Å². The van der Waals surface area contributed by atoms with Gasteiger partial charge in [0.05, 0.1) is 11.4 Å². The number of pyridine rings is 1. The molecule has 2 fully saturated rings. The Bertz CT molecular complexity index is 1010. The Morgan fingerprint density at radius 2 is 1.94 bits per heavy atom. The van der Waals surface area contributed by atoms with E-state index in [1.165, 1.54) is 24.9 Å². The number of fused-ring (bicyclic) bond motifs is 1. The summed E-state index contributed by atoms with van der Waals surface area (Å²) in [6.07, 6.45) is 9.76. The number of allylic oxidation sites excluding steroid dienone is 2. The lowest BCUT2D eigenvalue weighted by Crippen LogP contribution is -2.50. The van der Waals surface area contributed by atoms with Crippen molar-refractivity contribution in [3.8, 4) is 0 Å². The van der Waals surface area contributed by atoms with Gasteiger partial charge in [0, 0.05) is 56.5 Å². The number of hydrogen-bond acceptors (Lipinski definition) is 4. The minimum absolute atomic E-state index is 0.0280. The average Bonchev–Trinajstić information content (AvgIpc) is 3.62. The summed E-state index contributed by atoms with van der Waals surface area (Å²) in [5, 5.41) is 4.73. The van der Waals surface area contributed by atoms with Crippen LogP contribution in [0, 0.1) is 11.8 Å². The van der Waals surface area contributed by atoms with E-state index in [1.807, 2.05) is 12.3 Å². The van der Waals surface area contributed by atoms with Crippen molar-refractivity contribution in [2.75, 3.05) is 32.7 Å². The molecule has 1 N–H and O–H groups in total. The lowest BCUT2D eigenvalue weighted by atomic mass is 9.93. The molecule has 1 aromatic carbocycles. The van der Waals surface area contributed by atoms with Crippen molar-refractivity contribution < 1.29 is 4.79 Å². The van der Waals surface area contributed by atoms with Crippen LogP contribution in [-0.4, -0.2) is 53.4 Å². The van der Waals surface area contributed by atoms with Crippen molar-refractivity contribution in [2.45, 2.75) is 32.7 Å². The third-order valence-electron chi connectivity index (χ3n) is 6.85. The number of benzene rings is 1. The van der Waals surface area contributed by atoms with Crippen LogP contribution in [-0.2, 0) is 11.3 Å². The van der Waals surface area contributed by atoms with Crippen LogP contribution in [0.5, 0.6) is 0 Å². The maximum Gasteiger partial charge on any atom is 0.229 e. The molecule has 1 saturated carbocycles. The normalized spacial score (nSPS) is 22.2. The quantitative estimate of drug-likeness (QED) is 0.780.